The van der Waals surface area contributed by atoms with Crippen molar-refractivity contribution in [2.75, 3.05) is 26.7 Å². The second-order valence-corrected chi connectivity index (χ2v) is 8.35. The van der Waals surface area contributed by atoms with Gasteiger partial charge in [0.25, 0.3) is 10.2 Å². The zero-order chi connectivity index (χ0) is 17.2. The first-order chi connectivity index (χ1) is 11.5. The van der Waals surface area contributed by atoms with Crippen LogP contribution in [0.1, 0.15) is 43.6 Å². The standard InChI is InChI=1S/C16H25N3O4S/c1-23-16(20)15-4-2-3-9-19(15)24(21,22)18-10-6-13(7-11-18)14-5-8-17-12-14/h5,8,12-13,15,17H,2-4,6-7,9-11H2,1H3/t15-/m1/s1. The predicted octanol–water partition coefficient (Wildman–Crippen LogP) is 1.47. The second-order valence-electron chi connectivity index (χ2n) is 6.47. The van der Waals surface area contributed by atoms with E-state index < -0.39 is 22.2 Å². The fraction of sp³-hybridized carbons (Fsp3) is 0.688. The van der Waals surface area contributed by atoms with E-state index in [2.05, 4.69) is 4.98 Å². The minimum atomic E-state index is -3.62. The van der Waals surface area contributed by atoms with E-state index in [0.717, 1.165) is 25.7 Å². The summed E-state index contributed by atoms with van der Waals surface area (Å²) in [6.07, 6.45) is 7.64. The molecule has 2 saturated heterocycles. The van der Waals surface area contributed by atoms with Crippen LogP contribution in [-0.4, -0.2) is 60.8 Å². The number of ether oxygens (including phenoxy) is 1. The van der Waals surface area contributed by atoms with Gasteiger partial charge in [0.2, 0.25) is 0 Å². The number of hydrogen-bond acceptors (Lipinski definition) is 4. The molecule has 24 heavy (non-hydrogen) atoms. The van der Waals surface area contributed by atoms with Crippen molar-refractivity contribution in [3.8, 4) is 0 Å². The summed E-state index contributed by atoms with van der Waals surface area (Å²) < 4.78 is 33.7. The molecule has 0 saturated carbocycles. The van der Waals surface area contributed by atoms with Crippen LogP contribution in [0.5, 0.6) is 0 Å². The number of esters is 1. The van der Waals surface area contributed by atoms with E-state index in [-0.39, 0.29) is 0 Å². The molecule has 0 unspecified atom stereocenters. The van der Waals surface area contributed by atoms with Crippen LogP contribution in [0.25, 0.3) is 0 Å². The van der Waals surface area contributed by atoms with Crippen molar-refractivity contribution in [1.29, 1.82) is 0 Å². The van der Waals surface area contributed by atoms with Gasteiger partial charge in [0.05, 0.1) is 7.11 Å². The highest BCUT2D eigenvalue weighted by atomic mass is 32.2. The van der Waals surface area contributed by atoms with Gasteiger partial charge in [0.15, 0.2) is 0 Å². The van der Waals surface area contributed by atoms with Crippen molar-refractivity contribution < 1.29 is 17.9 Å². The molecule has 8 heteroatoms. The van der Waals surface area contributed by atoms with Crippen LogP contribution in [0.4, 0.5) is 0 Å². The fourth-order valence-electron chi connectivity index (χ4n) is 3.71. The molecule has 0 radical (unpaired) electrons. The smallest absolute Gasteiger partial charge is 0.324 e. The Morgan fingerprint density at radius 2 is 1.96 bits per heavy atom. The summed E-state index contributed by atoms with van der Waals surface area (Å²) in [5, 5.41) is 0. The number of hydrogen-bond donors (Lipinski definition) is 1. The topological polar surface area (TPSA) is 82.7 Å². The Balaban J connectivity index is 1.70. The van der Waals surface area contributed by atoms with E-state index in [0.29, 0.717) is 32.0 Å². The highest BCUT2D eigenvalue weighted by Crippen LogP contribution is 2.31. The van der Waals surface area contributed by atoms with Crippen molar-refractivity contribution in [3.63, 3.8) is 0 Å². The highest BCUT2D eigenvalue weighted by molar-refractivity contribution is 7.86. The quantitative estimate of drug-likeness (QED) is 0.829. The Morgan fingerprint density at radius 3 is 2.58 bits per heavy atom. The first kappa shape index (κ1) is 17.4. The van der Waals surface area contributed by atoms with Gasteiger partial charge in [0.1, 0.15) is 6.04 Å². The number of methoxy groups -OCH3 is 1. The van der Waals surface area contributed by atoms with E-state index >= 15 is 0 Å². The Labute approximate surface area is 143 Å². The van der Waals surface area contributed by atoms with Crippen molar-refractivity contribution in [2.45, 2.75) is 44.1 Å². The molecule has 0 aromatic carbocycles. The molecule has 1 aromatic rings. The van der Waals surface area contributed by atoms with E-state index in [4.69, 9.17) is 4.74 Å². The molecule has 2 fully saturated rings. The number of carbonyl (C=O) groups excluding carboxylic acids is 1. The number of nitrogens with zero attached hydrogens (tertiary/aromatic N) is 2. The SMILES string of the molecule is COC(=O)[C@H]1CCCCN1S(=O)(=O)N1CCC(c2cc[nH]c2)CC1. The minimum Gasteiger partial charge on any atom is -0.468 e. The molecule has 0 spiro atoms. The fourth-order valence-corrected chi connectivity index (χ4v) is 5.55. The van der Waals surface area contributed by atoms with E-state index in [1.807, 2.05) is 18.5 Å². The maximum absolute atomic E-state index is 13.0. The van der Waals surface area contributed by atoms with Gasteiger partial charge >= 0.3 is 5.97 Å². The molecule has 1 aromatic heterocycles. The lowest BCUT2D eigenvalue weighted by molar-refractivity contribution is -0.146. The van der Waals surface area contributed by atoms with Crippen molar-refractivity contribution in [1.82, 2.24) is 13.6 Å². The molecule has 1 N–H and O–H groups in total. The third-order valence-electron chi connectivity index (χ3n) is 5.10. The lowest BCUT2D eigenvalue weighted by atomic mass is 9.92. The molecule has 2 aliphatic heterocycles. The number of carbonyl (C=O) groups is 1. The molecular weight excluding hydrogens is 330 g/mol. The Morgan fingerprint density at radius 1 is 1.21 bits per heavy atom. The van der Waals surface area contributed by atoms with E-state index in [1.165, 1.54) is 21.3 Å². The van der Waals surface area contributed by atoms with Crippen molar-refractivity contribution in [3.05, 3.63) is 24.0 Å². The maximum atomic E-state index is 13.0. The molecule has 0 bridgehead atoms. The summed E-state index contributed by atoms with van der Waals surface area (Å²) in [7, 11) is -2.31. The summed E-state index contributed by atoms with van der Waals surface area (Å²) in [5.41, 5.74) is 1.23. The molecule has 134 valence electrons. The normalized spacial score (nSPS) is 24.8. The summed E-state index contributed by atoms with van der Waals surface area (Å²) in [6, 6.07) is 1.36. The predicted molar refractivity (Wildman–Crippen MR) is 89.6 cm³/mol. The summed E-state index contributed by atoms with van der Waals surface area (Å²) >= 11 is 0. The average molecular weight is 355 g/mol. The molecule has 7 nitrogen and oxygen atoms in total. The number of rotatable bonds is 4. The molecule has 3 heterocycles. The third kappa shape index (κ3) is 3.36. The molecule has 1 atom stereocenters. The zero-order valence-electron chi connectivity index (χ0n) is 14.0. The summed E-state index contributed by atoms with van der Waals surface area (Å²) in [4.78, 5) is 15.0. The number of nitrogens with one attached hydrogen (secondary N) is 1. The first-order valence-corrected chi connectivity index (χ1v) is 9.91. The lowest BCUT2D eigenvalue weighted by Gasteiger charge is -2.39. The molecule has 0 amide bonds. The number of aromatic nitrogens is 1. The van der Waals surface area contributed by atoms with Crippen LogP contribution in [0.2, 0.25) is 0 Å². The van der Waals surface area contributed by atoms with Crippen LogP contribution in [-0.2, 0) is 19.7 Å². The van der Waals surface area contributed by atoms with Gasteiger partial charge in [-0.15, -0.1) is 0 Å². The van der Waals surface area contributed by atoms with E-state index in [9.17, 15) is 13.2 Å². The first-order valence-electron chi connectivity index (χ1n) is 8.51. The van der Waals surface area contributed by atoms with Crippen molar-refractivity contribution in [2.24, 2.45) is 0 Å². The average Bonchev–Trinajstić information content (AvgIpc) is 3.16. The zero-order valence-corrected chi connectivity index (χ0v) is 14.8. The number of piperidine rings is 2. The van der Waals surface area contributed by atoms with E-state index in [1.54, 1.807) is 0 Å². The third-order valence-corrected chi connectivity index (χ3v) is 7.14. The number of H-pyrrole nitrogens is 1. The van der Waals surface area contributed by atoms with Gasteiger partial charge in [-0.2, -0.15) is 17.0 Å². The van der Waals surface area contributed by atoms with Gasteiger partial charge in [-0.05, 0) is 49.7 Å². The molecule has 0 aliphatic carbocycles. The van der Waals surface area contributed by atoms with Gasteiger partial charge in [-0.25, -0.2) is 0 Å². The lowest BCUT2D eigenvalue weighted by Crippen LogP contribution is -2.54. The Bertz CT molecular complexity index is 651. The van der Waals surface area contributed by atoms with Gasteiger partial charge in [-0.3, -0.25) is 4.79 Å². The number of aromatic amines is 1. The molecule has 2 aliphatic rings. The van der Waals surface area contributed by atoms with Gasteiger partial charge in [0, 0.05) is 32.0 Å². The van der Waals surface area contributed by atoms with Crippen LogP contribution < -0.4 is 0 Å². The van der Waals surface area contributed by atoms with Crippen LogP contribution >= 0.6 is 0 Å². The largest absolute Gasteiger partial charge is 0.468 e. The Kier molecular flexibility index (Phi) is 5.27. The Hall–Kier alpha value is -1.38. The monoisotopic (exact) mass is 355 g/mol. The summed E-state index contributed by atoms with van der Waals surface area (Å²) in [6.45, 7) is 1.37. The second kappa shape index (κ2) is 7.25. The van der Waals surface area contributed by atoms with Crippen LogP contribution in [0, 0.1) is 0 Å². The van der Waals surface area contributed by atoms with Gasteiger partial charge < -0.3 is 9.72 Å². The van der Waals surface area contributed by atoms with Crippen LogP contribution in [0.15, 0.2) is 18.5 Å². The van der Waals surface area contributed by atoms with Crippen molar-refractivity contribution >= 4 is 16.2 Å². The summed E-state index contributed by atoms with van der Waals surface area (Å²) in [5.74, 6) is -0.0686. The molecular formula is C16H25N3O4S. The highest BCUT2D eigenvalue weighted by Gasteiger charge is 2.41. The van der Waals surface area contributed by atoms with Gasteiger partial charge in [-0.1, -0.05) is 0 Å². The minimum absolute atomic E-state index is 0.389. The molecule has 3 rings (SSSR count). The maximum Gasteiger partial charge on any atom is 0.324 e. The van der Waals surface area contributed by atoms with Crippen LogP contribution in [0.3, 0.4) is 0 Å².